The Hall–Kier alpha value is -1.79. The lowest BCUT2D eigenvalue weighted by Gasteiger charge is -2.40. The van der Waals surface area contributed by atoms with Crippen molar-refractivity contribution in [3.8, 4) is 0 Å². The van der Waals surface area contributed by atoms with Gasteiger partial charge in [-0.3, -0.25) is 4.79 Å². The van der Waals surface area contributed by atoms with E-state index < -0.39 is 0 Å². The molecule has 1 aliphatic carbocycles. The van der Waals surface area contributed by atoms with Gasteiger partial charge in [0, 0.05) is 17.1 Å². The number of anilines is 1. The maximum Gasteiger partial charge on any atom is 0.227 e. The monoisotopic (exact) mass is 374 g/mol. The second-order valence-electron chi connectivity index (χ2n) is 7.17. The van der Waals surface area contributed by atoms with E-state index >= 15 is 0 Å². The van der Waals surface area contributed by atoms with Gasteiger partial charge in [0.05, 0.1) is 12.0 Å². The van der Waals surface area contributed by atoms with Crippen LogP contribution in [0.3, 0.4) is 0 Å². The van der Waals surface area contributed by atoms with E-state index in [1.54, 1.807) is 0 Å². The first kappa shape index (κ1) is 16.7. The lowest BCUT2D eigenvalue weighted by atomic mass is 9.72. The van der Waals surface area contributed by atoms with Crippen LogP contribution in [-0.4, -0.2) is 26.8 Å². The number of hydrogen-bond donors (Lipinski definition) is 1. The number of allylic oxidation sites excluding steroid dienone is 2. The van der Waals surface area contributed by atoms with Crippen molar-refractivity contribution in [1.82, 2.24) is 14.8 Å². The summed E-state index contributed by atoms with van der Waals surface area (Å²) in [7, 11) is 0. The van der Waals surface area contributed by atoms with Crippen molar-refractivity contribution in [3.63, 3.8) is 0 Å². The van der Waals surface area contributed by atoms with Crippen LogP contribution in [0, 0.1) is 11.3 Å². The number of hydrogen-bond acceptors (Lipinski definition) is 5. The van der Waals surface area contributed by atoms with E-state index in [1.165, 1.54) is 11.8 Å². The van der Waals surface area contributed by atoms with E-state index in [4.69, 9.17) is 11.6 Å². The maximum atomic E-state index is 13.0. The summed E-state index contributed by atoms with van der Waals surface area (Å²) >= 11 is 7.96. The molecule has 7 heteroatoms. The first-order chi connectivity index (χ1) is 11.9. The van der Waals surface area contributed by atoms with Gasteiger partial charge in [-0.2, -0.15) is 4.98 Å². The molecule has 5 nitrogen and oxygen atoms in total. The molecule has 0 saturated heterocycles. The number of Topliss-reactive ketones (excluding diaryl/α,β-unsaturated/α-hetero) is 1. The zero-order chi connectivity index (χ0) is 17.8. The molecular formula is C18H19ClN4OS. The largest absolute Gasteiger partial charge is 0.328 e. The van der Waals surface area contributed by atoms with Crippen molar-refractivity contribution in [2.75, 3.05) is 11.6 Å². The number of rotatable bonds is 2. The minimum Gasteiger partial charge on any atom is -0.328 e. The molecule has 1 aromatic heterocycles. The number of thioether (sulfide) groups is 1. The Morgan fingerprint density at radius 1 is 1.36 bits per heavy atom. The molecule has 0 radical (unpaired) electrons. The van der Waals surface area contributed by atoms with Crippen molar-refractivity contribution in [3.05, 3.63) is 46.6 Å². The summed E-state index contributed by atoms with van der Waals surface area (Å²) in [5, 5.41) is 9.24. The van der Waals surface area contributed by atoms with Crippen LogP contribution in [0.2, 0.25) is 5.02 Å². The molecule has 1 N–H and O–H groups in total. The number of fused-ring (bicyclic) bond motifs is 2. The Labute approximate surface area is 155 Å². The van der Waals surface area contributed by atoms with Gasteiger partial charge in [0.25, 0.3) is 0 Å². The van der Waals surface area contributed by atoms with Gasteiger partial charge < -0.3 is 5.32 Å². The standard InChI is InChI=1S/C18H19ClN4OS/c1-18(2)8-12-14(13(24)9-18)15(10-6-4-5-7-11(10)19)23-16(20-12)21-17(22-23)25-3/h4-8,14-15H,9H2,1-3H3,(H,20,21,22)/t14-,15-/m1/s1. The Bertz CT molecular complexity index is 889. The van der Waals surface area contributed by atoms with Crippen LogP contribution < -0.4 is 5.32 Å². The van der Waals surface area contributed by atoms with E-state index in [-0.39, 0.29) is 23.2 Å². The summed E-state index contributed by atoms with van der Waals surface area (Å²) < 4.78 is 1.81. The molecule has 1 aliphatic heterocycles. The van der Waals surface area contributed by atoms with Crippen molar-refractivity contribution < 1.29 is 4.79 Å². The first-order valence-corrected chi connectivity index (χ1v) is 9.77. The lowest BCUT2D eigenvalue weighted by molar-refractivity contribution is -0.125. The summed E-state index contributed by atoms with van der Waals surface area (Å²) in [6, 6.07) is 7.37. The molecule has 2 aliphatic rings. The highest BCUT2D eigenvalue weighted by molar-refractivity contribution is 7.98. The topological polar surface area (TPSA) is 59.8 Å². The summed E-state index contributed by atoms with van der Waals surface area (Å²) in [5.74, 6) is 0.533. The van der Waals surface area contributed by atoms with E-state index in [9.17, 15) is 4.79 Å². The summed E-state index contributed by atoms with van der Waals surface area (Å²) in [6.07, 6.45) is 4.59. The van der Waals surface area contributed by atoms with E-state index in [0.29, 0.717) is 22.5 Å². The number of nitrogens with one attached hydrogen (secondary N) is 1. The molecular weight excluding hydrogens is 356 g/mol. The second-order valence-corrected chi connectivity index (χ2v) is 8.35. The van der Waals surface area contributed by atoms with Gasteiger partial charge in [-0.05, 0) is 23.3 Å². The molecule has 130 valence electrons. The van der Waals surface area contributed by atoms with Gasteiger partial charge in [-0.25, -0.2) is 4.68 Å². The molecule has 0 fully saturated rings. The number of carbonyl (C=O) groups excluding carboxylic acids is 1. The van der Waals surface area contributed by atoms with Crippen LogP contribution in [0.5, 0.6) is 0 Å². The predicted octanol–water partition coefficient (Wildman–Crippen LogP) is 4.17. The molecule has 0 amide bonds. The highest BCUT2D eigenvalue weighted by Gasteiger charge is 2.45. The zero-order valence-electron chi connectivity index (χ0n) is 14.3. The van der Waals surface area contributed by atoms with Crippen molar-refractivity contribution in [1.29, 1.82) is 0 Å². The minimum atomic E-state index is -0.322. The molecule has 25 heavy (non-hydrogen) atoms. The van der Waals surface area contributed by atoms with Gasteiger partial charge in [-0.15, -0.1) is 5.10 Å². The molecule has 4 rings (SSSR count). The Kier molecular flexibility index (Phi) is 3.92. The van der Waals surface area contributed by atoms with Gasteiger partial charge in [0.2, 0.25) is 11.1 Å². The quantitative estimate of drug-likeness (QED) is 0.799. The average Bonchev–Trinajstić information content (AvgIpc) is 2.95. The molecule has 2 atom stereocenters. The molecule has 1 aromatic carbocycles. The number of ketones is 1. The van der Waals surface area contributed by atoms with E-state index in [2.05, 4.69) is 35.3 Å². The van der Waals surface area contributed by atoms with Crippen LogP contribution in [0.4, 0.5) is 5.95 Å². The van der Waals surface area contributed by atoms with Gasteiger partial charge >= 0.3 is 0 Å². The van der Waals surface area contributed by atoms with Crippen LogP contribution in [0.15, 0.2) is 41.2 Å². The fraction of sp³-hybridized carbons (Fsp3) is 0.389. The lowest BCUT2D eigenvalue weighted by Crippen LogP contribution is -2.42. The van der Waals surface area contributed by atoms with Crippen molar-refractivity contribution in [2.45, 2.75) is 31.5 Å². The SMILES string of the molecule is CSc1nc2n(n1)[C@H](c1ccccc1Cl)[C@H]1C(=O)CC(C)(C)C=C1N2. The smallest absolute Gasteiger partial charge is 0.227 e. The Morgan fingerprint density at radius 3 is 2.84 bits per heavy atom. The molecule has 2 aromatic rings. The summed E-state index contributed by atoms with van der Waals surface area (Å²) in [4.78, 5) is 17.6. The normalized spacial score (nSPS) is 24.2. The second kappa shape index (κ2) is 5.88. The predicted molar refractivity (Wildman–Crippen MR) is 100.0 cm³/mol. The number of halogens is 1. The highest BCUT2D eigenvalue weighted by Crippen LogP contribution is 2.46. The van der Waals surface area contributed by atoms with Crippen molar-refractivity contribution >= 4 is 35.1 Å². The van der Waals surface area contributed by atoms with E-state index in [0.717, 1.165) is 11.3 Å². The van der Waals surface area contributed by atoms with Crippen LogP contribution >= 0.6 is 23.4 Å². The average molecular weight is 375 g/mol. The van der Waals surface area contributed by atoms with Gasteiger partial charge in [0.1, 0.15) is 5.78 Å². The van der Waals surface area contributed by atoms with Gasteiger partial charge in [0.15, 0.2) is 0 Å². The third-order valence-electron chi connectivity index (χ3n) is 4.71. The van der Waals surface area contributed by atoms with Crippen LogP contribution in [0.1, 0.15) is 31.9 Å². The fourth-order valence-electron chi connectivity index (χ4n) is 3.72. The molecule has 2 heterocycles. The third-order valence-corrected chi connectivity index (χ3v) is 5.59. The number of benzene rings is 1. The minimum absolute atomic E-state index is 0.175. The molecule has 0 bridgehead atoms. The molecule has 0 unspecified atom stereocenters. The number of aromatic nitrogens is 3. The van der Waals surface area contributed by atoms with Crippen LogP contribution in [0.25, 0.3) is 0 Å². The number of nitrogens with zero attached hydrogens (tertiary/aromatic N) is 3. The highest BCUT2D eigenvalue weighted by atomic mass is 35.5. The third kappa shape index (κ3) is 2.77. The maximum absolute atomic E-state index is 13.0. The van der Waals surface area contributed by atoms with Crippen LogP contribution in [-0.2, 0) is 4.79 Å². The van der Waals surface area contributed by atoms with Gasteiger partial charge in [-0.1, -0.05) is 61.5 Å². The molecule has 0 saturated carbocycles. The fourth-order valence-corrected chi connectivity index (χ4v) is 4.32. The first-order valence-electron chi connectivity index (χ1n) is 8.17. The molecule has 0 spiro atoms. The summed E-state index contributed by atoms with van der Waals surface area (Å²) in [6.45, 7) is 4.15. The zero-order valence-corrected chi connectivity index (χ0v) is 15.9. The Morgan fingerprint density at radius 2 is 2.12 bits per heavy atom. The number of carbonyl (C=O) groups is 1. The summed E-state index contributed by atoms with van der Waals surface area (Å²) in [5.41, 5.74) is 1.62. The Balaban J connectivity index is 1.94. The van der Waals surface area contributed by atoms with Crippen molar-refractivity contribution in [2.24, 2.45) is 11.3 Å². The van der Waals surface area contributed by atoms with E-state index in [1.807, 2.05) is 35.2 Å².